The first kappa shape index (κ1) is 52.1. The lowest BCUT2D eigenvalue weighted by Gasteiger charge is -2.32. The summed E-state index contributed by atoms with van der Waals surface area (Å²) >= 11 is 6.12. The van der Waals surface area contributed by atoms with Gasteiger partial charge in [0.05, 0.1) is 5.52 Å². The van der Waals surface area contributed by atoms with Gasteiger partial charge in [-0.25, -0.2) is 14.4 Å². The van der Waals surface area contributed by atoms with E-state index in [1.165, 1.54) is 24.8 Å². The molecule has 330 valence electrons. The molecule has 0 bridgehead atoms. The van der Waals surface area contributed by atoms with E-state index in [0.29, 0.717) is 23.4 Å². The summed E-state index contributed by atoms with van der Waals surface area (Å²) in [5.41, 5.74) is 4.26. The maximum Gasteiger partial charge on any atom is 0.490 e. The molecule has 0 unspecified atom stereocenters. The van der Waals surface area contributed by atoms with Gasteiger partial charge in [0.1, 0.15) is 0 Å². The van der Waals surface area contributed by atoms with Crippen LogP contribution in [-0.4, -0.2) is 111 Å². The van der Waals surface area contributed by atoms with Gasteiger partial charge in [0, 0.05) is 60.1 Å². The maximum atomic E-state index is 12.1. The second-order valence-electron chi connectivity index (χ2n) is 12.6. The normalized spacial score (nSPS) is 13.4. The molecule has 0 atom stereocenters. The van der Waals surface area contributed by atoms with Crippen molar-refractivity contribution in [2.75, 3.05) is 38.0 Å². The van der Waals surface area contributed by atoms with Crippen molar-refractivity contribution in [2.24, 2.45) is 0 Å². The first-order chi connectivity index (χ1) is 27.4. The van der Waals surface area contributed by atoms with E-state index in [4.69, 9.17) is 41.3 Å². The number of aromatic nitrogens is 1. The quantitative estimate of drug-likeness (QED) is 0.0824. The Morgan fingerprint density at radius 3 is 1.76 bits per heavy atom. The van der Waals surface area contributed by atoms with Gasteiger partial charge >= 0.3 is 36.4 Å². The van der Waals surface area contributed by atoms with Crippen molar-refractivity contribution in [3.63, 3.8) is 0 Å². The van der Waals surface area contributed by atoms with Gasteiger partial charge in [-0.05, 0) is 101 Å². The highest BCUT2D eigenvalue weighted by Gasteiger charge is 2.39. The number of likely N-dealkylation sites (tertiary alicyclic amines) is 1. The molecule has 1 aliphatic heterocycles. The van der Waals surface area contributed by atoms with Crippen LogP contribution >= 0.6 is 11.6 Å². The van der Waals surface area contributed by atoms with Crippen LogP contribution in [0.2, 0.25) is 5.02 Å². The van der Waals surface area contributed by atoms with E-state index < -0.39 is 36.4 Å². The second-order valence-corrected chi connectivity index (χ2v) is 13.1. The minimum absolute atomic E-state index is 0.306. The first-order valence-electron chi connectivity index (χ1n) is 17.9. The number of fused-ring (bicyclic) bond motifs is 1. The fourth-order valence-electron chi connectivity index (χ4n) is 5.24. The molecule has 1 saturated heterocycles. The topological polar surface area (TPSA) is 172 Å². The molecule has 1 aromatic heterocycles. The molecule has 4 rings (SSSR count). The number of alkyl halides is 9. The zero-order chi connectivity index (χ0) is 45.0. The molecule has 59 heavy (non-hydrogen) atoms. The Kier molecular flexibility index (Phi) is 22.0. The van der Waals surface area contributed by atoms with Crippen molar-refractivity contribution < 1.29 is 74.0 Å². The number of halogens is 10. The summed E-state index contributed by atoms with van der Waals surface area (Å²) in [5.74, 6) is -7.96. The lowest BCUT2D eigenvalue weighted by molar-refractivity contribution is -0.193. The Labute approximate surface area is 338 Å². The standard InChI is InChI=1S/C31H42ClN5O.3C2HF3O2/c1-3-37(4-2)31(38)8-6-5-7-19-36-20-16-26(17-21-36)34-23-24-9-12-27(13-10-24)35-29-15-18-33-30-22-25(32)11-14-28(29)30;3*3-2(4,5)1(6)7/h9-15,18,22,26,34H,3-8,16-17,19-21,23H2,1-2H3,(H,33,35);3*(H,6,7). The molecular weight excluding hydrogens is 833 g/mol. The minimum Gasteiger partial charge on any atom is -0.475 e. The molecule has 0 aliphatic carbocycles. The Balaban J connectivity index is 0.000000678. The van der Waals surface area contributed by atoms with Gasteiger partial charge in [0.25, 0.3) is 0 Å². The first-order valence-corrected chi connectivity index (χ1v) is 18.3. The van der Waals surface area contributed by atoms with Crippen molar-refractivity contribution in [2.45, 2.75) is 83.5 Å². The van der Waals surface area contributed by atoms with Gasteiger partial charge < -0.3 is 35.8 Å². The highest BCUT2D eigenvalue weighted by molar-refractivity contribution is 6.31. The van der Waals surface area contributed by atoms with Crippen LogP contribution < -0.4 is 10.6 Å². The van der Waals surface area contributed by atoms with Crippen LogP contribution in [0.25, 0.3) is 10.9 Å². The van der Waals surface area contributed by atoms with E-state index in [-0.39, 0.29) is 0 Å². The third-order valence-electron chi connectivity index (χ3n) is 8.33. The fourth-order valence-corrected chi connectivity index (χ4v) is 5.40. The van der Waals surface area contributed by atoms with E-state index >= 15 is 0 Å². The van der Waals surface area contributed by atoms with E-state index in [9.17, 15) is 44.3 Å². The maximum absolute atomic E-state index is 12.1. The van der Waals surface area contributed by atoms with Crippen LogP contribution in [0.15, 0.2) is 54.7 Å². The van der Waals surface area contributed by atoms with E-state index in [1.807, 2.05) is 29.2 Å². The molecule has 2 aromatic carbocycles. The van der Waals surface area contributed by atoms with Crippen LogP contribution in [0.3, 0.4) is 0 Å². The van der Waals surface area contributed by atoms with Crippen LogP contribution in [0.1, 0.15) is 57.9 Å². The van der Waals surface area contributed by atoms with Crippen LogP contribution in [0.4, 0.5) is 50.9 Å². The van der Waals surface area contributed by atoms with E-state index in [2.05, 4.69) is 58.6 Å². The van der Waals surface area contributed by atoms with Gasteiger partial charge in [-0.2, -0.15) is 39.5 Å². The molecule has 5 N–H and O–H groups in total. The second kappa shape index (κ2) is 24.9. The molecule has 22 heteroatoms. The van der Waals surface area contributed by atoms with Crippen molar-refractivity contribution in [3.8, 4) is 0 Å². The van der Waals surface area contributed by atoms with Gasteiger partial charge in [-0.1, -0.05) is 30.2 Å². The lowest BCUT2D eigenvalue weighted by Crippen LogP contribution is -2.42. The Morgan fingerprint density at radius 1 is 0.780 bits per heavy atom. The average Bonchev–Trinajstić information content (AvgIpc) is 3.15. The number of benzene rings is 2. The number of carbonyl (C=O) groups is 4. The van der Waals surface area contributed by atoms with Crippen molar-refractivity contribution in [1.29, 1.82) is 0 Å². The number of pyridine rings is 1. The highest BCUT2D eigenvalue weighted by atomic mass is 35.5. The smallest absolute Gasteiger partial charge is 0.475 e. The molecule has 1 aliphatic rings. The third-order valence-corrected chi connectivity index (χ3v) is 8.56. The van der Waals surface area contributed by atoms with Crippen molar-refractivity contribution in [3.05, 3.63) is 65.3 Å². The van der Waals surface area contributed by atoms with Crippen LogP contribution in [-0.2, 0) is 25.7 Å². The fraction of sp³-hybridized carbons (Fsp3) is 0.486. The number of carboxylic acids is 3. The van der Waals surface area contributed by atoms with Gasteiger partial charge in [-0.3, -0.25) is 9.78 Å². The van der Waals surface area contributed by atoms with Crippen molar-refractivity contribution >= 4 is 57.7 Å². The Bertz CT molecular complexity index is 1710. The molecule has 12 nitrogen and oxygen atoms in total. The number of nitrogens with zero attached hydrogens (tertiary/aromatic N) is 3. The summed E-state index contributed by atoms with van der Waals surface area (Å²) in [4.78, 5) is 47.7. The SMILES string of the molecule is CCN(CC)C(=O)CCCCCN1CCC(NCc2ccc(Nc3ccnc4cc(Cl)ccc34)cc2)CC1.O=C(O)C(F)(F)F.O=C(O)C(F)(F)F.O=C(O)C(F)(F)F. The summed E-state index contributed by atoms with van der Waals surface area (Å²) in [6.07, 6.45) is -7.02. The summed E-state index contributed by atoms with van der Waals surface area (Å²) < 4.78 is 95.2. The van der Waals surface area contributed by atoms with Crippen molar-refractivity contribution in [1.82, 2.24) is 20.1 Å². The predicted octanol–water partition coefficient (Wildman–Crippen LogP) is 8.51. The zero-order valence-corrected chi connectivity index (χ0v) is 32.6. The number of carbonyl (C=O) groups excluding carboxylic acids is 1. The Hall–Kier alpha value is -4.89. The number of hydrogen-bond donors (Lipinski definition) is 5. The number of piperidine rings is 1. The number of rotatable bonds is 13. The van der Waals surface area contributed by atoms with E-state index in [0.717, 1.165) is 74.4 Å². The third kappa shape index (κ3) is 21.1. The molecule has 0 spiro atoms. The number of amides is 1. The summed E-state index contributed by atoms with van der Waals surface area (Å²) in [5, 5.41) is 30.4. The van der Waals surface area contributed by atoms with Gasteiger partial charge in [-0.15, -0.1) is 0 Å². The monoisotopic (exact) mass is 877 g/mol. The molecule has 3 aromatic rings. The average molecular weight is 878 g/mol. The number of unbranched alkanes of at least 4 members (excludes halogenated alkanes) is 2. The largest absolute Gasteiger partial charge is 0.490 e. The lowest BCUT2D eigenvalue weighted by atomic mass is 10.0. The number of carboxylic acid groups (broad SMARTS) is 3. The summed E-state index contributed by atoms with van der Waals surface area (Å²) in [6.45, 7) is 10.1. The Morgan fingerprint density at radius 2 is 1.29 bits per heavy atom. The highest BCUT2D eigenvalue weighted by Crippen LogP contribution is 2.27. The van der Waals surface area contributed by atoms with Gasteiger partial charge in [0.15, 0.2) is 0 Å². The number of nitrogens with one attached hydrogen (secondary N) is 2. The summed E-state index contributed by atoms with van der Waals surface area (Å²) in [7, 11) is 0. The molecule has 1 fully saturated rings. The molecule has 2 heterocycles. The molecule has 0 radical (unpaired) electrons. The van der Waals surface area contributed by atoms with Gasteiger partial charge in [0.2, 0.25) is 5.91 Å². The van der Waals surface area contributed by atoms with Crippen LogP contribution in [0.5, 0.6) is 0 Å². The summed E-state index contributed by atoms with van der Waals surface area (Å²) in [6, 6.07) is 17.0. The predicted molar refractivity (Wildman–Crippen MR) is 200 cm³/mol. The minimum atomic E-state index is -5.08. The molecule has 0 saturated carbocycles. The molecule has 1 amide bonds. The van der Waals surface area contributed by atoms with E-state index in [1.54, 1.807) is 6.20 Å². The zero-order valence-electron chi connectivity index (χ0n) is 31.9. The number of aliphatic carboxylic acids is 3. The number of anilines is 2. The number of hydrogen-bond acceptors (Lipinski definition) is 8. The molecular formula is C37H45ClF9N5O7. The van der Waals surface area contributed by atoms with Crippen LogP contribution in [0, 0.1) is 0 Å².